The van der Waals surface area contributed by atoms with Crippen LogP contribution in [0.25, 0.3) is 0 Å². The first-order valence-electron chi connectivity index (χ1n) is 4.09. The topological polar surface area (TPSA) is 105 Å². The third-order valence-electron chi connectivity index (χ3n) is 1.34. The summed E-state index contributed by atoms with van der Waals surface area (Å²) in [5.41, 5.74) is 5.53. The van der Waals surface area contributed by atoms with E-state index < -0.39 is 0 Å². The molecule has 1 heterocycles. The van der Waals surface area contributed by atoms with Crippen molar-refractivity contribution in [3.05, 3.63) is 5.82 Å². The molecule has 7 heteroatoms. The molecule has 0 fully saturated rings. The maximum absolute atomic E-state index is 5.53. The van der Waals surface area contributed by atoms with E-state index in [1.807, 2.05) is 0 Å². The van der Waals surface area contributed by atoms with Gasteiger partial charge in [-0.3, -0.25) is 0 Å². The molecule has 72 valence electrons. The molecule has 0 bridgehead atoms. The second-order valence-corrected chi connectivity index (χ2v) is 2.46. The van der Waals surface area contributed by atoms with Gasteiger partial charge in [0.15, 0.2) is 11.8 Å². The van der Waals surface area contributed by atoms with Crippen LogP contribution in [0.3, 0.4) is 0 Å². The first-order valence-corrected chi connectivity index (χ1v) is 4.09. The van der Waals surface area contributed by atoms with Gasteiger partial charge in [0, 0.05) is 6.54 Å². The summed E-state index contributed by atoms with van der Waals surface area (Å²) in [5, 5.41) is 16.1. The molecule has 0 atom stereocenters. The summed E-state index contributed by atoms with van der Waals surface area (Å²) in [5.74, 6) is 0.938. The van der Waals surface area contributed by atoms with Gasteiger partial charge in [-0.05, 0) is 6.42 Å². The van der Waals surface area contributed by atoms with E-state index in [4.69, 9.17) is 5.73 Å². The molecule has 0 radical (unpaired) electrons. The monoisotopic (exact) mass is 183 g/mol. The number of guanidine groups is 1. The molecular weight excluding hydrogens is 170 g/mol. The second-order valence-electron chi connectivity index (χ2n) is 2.46. The Morgan fingerprint density at radius 1 is 1.69 bits per heavy atom. The van der Waals surface area contributed by atoms with Crippen LogP contribution in [-0.2, 0) is 6.54 Å². The molecule has 0 amide bonds. The van der Waals surface area contributed by atoms with Crippen molar-refractivity contribution >= 4 is 5.96 Å². The predicted octanol–water partition coefficient (Wildman–Crippen LogP) is -0.986. The number of hydrogen-bond donors (Lipinski definition) is 3. The Bertz CT molecular complexity index is 252. The van der Waals surface area contributed by atoms with Crippen molar-refractivity contribution in [2.75, 3.05) is 6.54 Å². The standard InChI is InChI=1S/C6H13N7/c1-2-3-8-6(7)9-4-5-10-12-13-11-5/h2-4H2,1H3,(H3,7,8,9)(H,10,11,12,13). The van der Waals surface area contributed by atoms with Crippen LogP contribution in [0.4, 0.5) is 0 Å². The Morgan fingerprint density at radius 3 is 3.15 bits per heavy atom. The molecule has 13 heavy (non-hydrogen) atoms. The second kappa shape index (κ2) is 5.07. The van der Waals surface area contributed by atoms with Gasteiger partial charge >= 0.3 is 0 Å². The Balaban J connectivity index is 2.30. The summed E-state index contributed by atoms with van der Waals surface area (Å²) in [4.78, 5) is 4.00. The highest BCUT2D eigenvalue weighted by atomic mass is 15.5. The number of rotatable bonds is 4. The molecule has 1 rings (SSSR count). The molecule has 0 aliphatic heterocycles. The Kier molecular flexibility index (Phi) is 3.68. The summed E-state index contributed by atoms with van der Waals surface area (Å²) in [7, 11) is 0. The zero-order valence-corrected chi connectivity index (χ0v) is 7.49. The Morgan fingerprint density at radius 2 is 2.54 bits per heavy atom. The van der Waals surface area contributed by atoms with E-state index in [0.717, 1.165) is 13.0 Å². The molecule has 0 aliphatic rings. The molecule has 0 spiro atoms. The summed E-state index contributed by atoms with van der Waals surface area (Å²) in [6.45, 7) is 3.22. The van der Waals surface area contributed by atoms with Crippen molar-refractivity contribution in [1.82, 2.24) is 25.9 Å². The minimum absolute atomic E-state index is 0.346. The zero-order chi connectivity index (χ0) is 9.52. The van der Waals surface area contributed by atoms with Gasteiger partial charge in [-0.1, -0.05) is 12.1 Å². The number of nitrogens with two attached hydrogens (primary N) is 1. The molecule has 4 N–H and O–H groups in total. The van der Waals surface area contributed by atoms with Crippen molar-refractivity contribution in [3.8, 4) is 0 Å². The van der Waals surface area contributed by atoms with Crippen molar-refractivity contribution in [3.63, 3.8) is 0 Å². The maximum atomic E-state index is 5.53. The van der Waals surface area contributed by atoms with Crippen LogP contribution in [0.2, 0.25) is 0 Å². The average molecular weight is 183 g/mol. The Labute approximate surface area is 75.8 Å². The van der Waals surface area contributed by atoms with Gasteiger partial charge in [0.05, 0.1) is 0 Å². The number of aromatic amines is 1. The summed E-state index contributed by atoms with van der Waals surface area (Å²) < 4.78 is 0. The first kappa shape index (κ1) is 9.43. The van der Waals surface area contributed by atoms with E-state index in [1.54, 1.807) is 0 Å². The van der Waals surface area contributed by atoms with Crippen LogP contribution < -0.4 is 11.1 Å². The fraction of sp³-hybridized carbons (Fsp3) is 0.667. The third kappa shape index (κ3) is 3.50. The van der Waals surface area contributed by atoms with Crippen molar-refractivity contribution in [2.45, 2.75) is 19.9 Å². The number of tetrazole rings is 1. The minimum Gasteiger partial charge on any atom is -0.370 e. The number of nitrogens with zero attached hydrogens (tertiary/aromatic N) is 4. The maximum Gasteiger partial charge on any atom is 0.196 e. The predicted molar refractivity (Wildman–Crippen MR) is 47.8 cm³/mol. The summed E-state index contributed by atoms with van der Waals surface area (Å²) >= 11 is 0. The van der Waals surface area contributed by atoms with Crippen LogP contribution in [0.1, 0.15) is 19.2 Å². The number of aliphatic imine (C=N–C) groups is 1. The van der Waals surface area contributed by atoms with E-state index in [2.05, 4.69) is 37.9 Å². The quantitative estimate of drug-likeness (QED) is 0.411. The molecule has 0 aromatic carbocycles. The molecule has 7 nitrogen and oxygen atoms in total. The highest BCUT2D eigenvalue weighted by Crippen LogP contribution is 1.85. The summed E-state index contributed by atoms with van der Waals surface area (Å²) in [6.07, 6.45) is 1.01. The molecule has 0 saturated carbocycles. The Hall–Kier alpha value is -1.66. The third-order valence-corrected chi connectivity index (χ3v) is 1.34. The van der Waals surface area contributed by atoms with E-state index in [-0.39, 0.29) is 0 Å². The fourth-order valence-electron chi connectivity index (χ4n) is 0.714. The number of hydrogen-bond acceptors (Lipinski definition) is 4. The van der Waals surface area contributed by atoms with Gasteiger partial charge in [0.2, 0.25) is 0 Å². The molecular formula is C6H13N7. The van der Waals surface area contributed by atoms with Crippen molar-refractivity contribution in [2.24, 2.45) is 10.7 Å². The molecule has 1 aromatic heterocycles. The highest BCUT2D eigenvalue weighted by Gasteiger charge is 1.95. The lowest BCUT2D eigenvalue weighted by Gasteiger charge is -2.01. The van der Waals surface area contributed by atoms with Gasteiger partial charge in [0.25, 0.3) is 0 Å². The molecule has 0 saturated heterocycles. The molecule has 0 aliphatic carbocycles. The van der Waals surface area contributed by atoms with Crippen LogP contribution >= 0.6 is 0 Å². The van der Waals surface area contributed by atoms with Gasteiger partial charge in [-0.2, -0.15) is 5.21 Å². The number of aromatic nitrogens is 4. The summed E-state index contributed by atoms with van der Waals surface area (Å²) in [6, 6.07) is 0. The van der Waals surface area contributed by atoms with Crippen LogP contribution in [-0.4, -0.2) is 33.1 Å². The van der Waals surface area contributed by atoms with Crippen molar-refractivity contribution in [1.29, 1.82) is 0 Å². The lowest BCUT2D eigenvalue weighted by atomic mass is 10.5. The number of H-pyrrole nitrogens is 1. The lowest BCUT2D eigenvalue weighted by Crippen LogP contribution is -2.32. The van der Waals surface area contributed by atoms with Crippen LogP contribution in [0, 0.1) is 0 Å². The fourth-order valence-corrected chi connectivity index (χ4v) is 0.714. The smallest absolute Gasteiger partial charge is 0.196 e. The van der Waals surface area contributed by atoms with Gasteiger partial charge in [-0.25, -0.2) is 4.99 Å². The molecule has 0 unspecified atom stereocenters. The van der Waals surface area contributed by atoms with E-state index in [0.29, 0.717) is 18.3 Å². The average Bonchev–Trinajstić information content (AvgIpc) is 2.64. The van der Waals surface area contributed by atoms with E-state index in [1.165, 1.54) is 0 Å². The van der Waals surface area contributed by atoms with Gasteiger partial charge in [0.1, 0.15) is 6.54 Å². The van der Waals surface area contributed by atoms with E-state index >= 15 is 0 Å². The number of nitrogens with one attached hydrogen (secondary N) is 2. The van der Waals surface area contributed by atoms with Crippen molar-refractivity contribution < 1.29 is 0 Å². The molecule has 1 aromatic rings. The first-order chi connectivity index (χ1) is 6.33. The minimum atomic E-state index is 0.346. The largest absolute Gasteiger partial charge is 0.370 e. The van der Waals surface area contributed by atoms with Crippen LogP contribution in [0.5, 0.6) is 0 Å². The normalized spacial score (nSPS) is 11.6. The zero-order valence-electron chi connectivity index (χ0n) is 7.49. The van der Waals surface area contributed by atoms with E-state index in [9.17, 15) is 0 Å². The van der Waals surface area contributed by atoms with Gasteiger partial charge < -0.3 is 11.1 Å². The highest BCUT2D eigenvalue weighted by molar-refractivity contribution is 5.77. The lowest BCUT2D eigenvalue weighted by molar-refractivity contribution is 0.818. The van der Waals surface area contributed by atoms with Crippen LogP contribution in [0.15, 0.2) is 4.99 Å². The van der Waals surface area contributed by atoms with Gasteiger partial charge in [-0.15, -0.1) is 10.2 Å². The SMILES string of the molecule is CCCNC(N)=NCc1nn[nH]n1.